The number of piperidine rings is 1. The first-order chi connectivity index (χ1) is 9.85. The van der Waals surface area contributed by atoms with E-state index in [1.807, 2.05) is 18.7 Å². The van der Waals surface area contributed by atoms with Crippen LogP contribution in [0.5, 0.6) is 0 Å². The van der Waals surface area contributed by atoms with Crippen molar-refractivity contribution in [1.82, 2.24) is 10.2 Å². The molecule has 0 aromatic rings. The Morgan fingerprint density at radius 3 is 2.19 bits per heavy atom. The summed E-state index contributed by atoms with van der Waals surface area (Å²) in [4.78, 5) is 26.1. The van der Waals surface area contributed by atoms with Crippen LogP contribution in [0.1, 0.15) is 47.0 Å². The van der Waals surface area contributed by atoms with Crippen molar-refractivity contribution in [3.05, 3.63) is 0 Å². The van der Waals surface area contributed by atoms with Crippen molar-refractivity contribution in [1.29, 1.82) is 0 Å². The fraction of sp³-hybridized carbons (Fsp3) is 0.875. The summed E-state index contributed by atoms with van der Waals surface area (Å²) < 4.78 is 0. The van der Waals surface area contributed by atoms with Crippen LogP contribution in [0, 0.1) is 17.8 Å². The molecule has 0 bridgehead atoms. The van der Waals surface area contributed by atoms with E-state index < -0.39 is 0 Å². The van der Waals surface area contributed by atoms with Crippen LogP contribution in [0.2, 0.25) is 0 Å². The number of hydrogen-bond acceptors (Lipinski definition) is 3. The molecule has 0 radical (unpaired) electrons. The minimum Gasteiger partial charge on any atom is -0.352 e. The smallest absolute Gasteiger partial charge is 0.225 e. The number of nitrogens with two attached hydrogens (primary N) is 1. The Balaban J connectivity index is 2.42. The number of carbonyl (C=O) groups excluding carboxylic acids is 2. The van der Waals surface area contributed by atoms with Gasteiger partial charge in [-0.1, -0.05) is 27.7 Å². The highest BCUT2D eigenvalue weighted by Crippen LogP contribution is 2.19. The van der Waals surface area contributed by atoms with Gasteiger partial charge in [-0.15, -0.1) is 0 Å². The Morgan fingerprint density at radius 2 is 1.76 bits per heavy atom. The number of carbonyl (C=O) groups is 2. The van der Waals surface area contributed by atoms with Crippen molar-refractivity contribution >= 4 is 11.8 Å². The highest BCUT2D eigenvalue weighted by atomic mass is 16.2. The summed E-state index contributed by atoms with van der Waals surface area (Å²) in [5.41, 5.74) is 5.73. The highest BCUT2D eigenvalue weighted by Gasteiger charge is 2.29. The predicted molar refractivity (Wildman–Crippen MR) is 84.6 cm³/mol. The zero-order valence-corrected chi connectivity index (χ0v) is 13.9. The predicted octanol–water partition coefficient (Wildman–Crippen LogP) is 1.37. The number of hydrogen-bond donors (Lipinski definition) is 2. The Hall–Kier alpha value is -1.10. The minimum absolute atomic E-state index is 0.0161. The molecular formula is C16H31N3O2. The van der Waals surface area contributed by atoms with Gasteiger partial charge in [0.2, 0.25) is 11.8 Å². The Bertz CT molecular complexity index is 347. The molecule has 0 aliphatic carbocycles. The fourth-order valence-corrected chi connectivity index (χ4v) is 2.83. The largest absolute Gasteiger partial charge is 0.352 e. The van der Waals surface area contributed by atoms with Gasteiger partial charge in [0.15, 0.2) is 0 Å². The van der Waals surface area contributed by atoms with Crippen molar-refractivity contribution in [3.8, 4) is 0 Å². The summed E-state index contributed by atoms with van der Waals surface area (Å²) >= 11 is 0. The van der Waals surface area contributed by atoms with Crippen molar-refractivity contribution in [3.63, 3.8) is 0 Å². The van der Waals surface area contributed by atoms with Crippen molar-refractivity contribution in [2.75, 3.05) is 19.6 Å². The topological polar surface area (TPSA) is 75.4 Å². The normalized spacial score (nSPS) is 18.1. The highest BCUT2D eigenvalue weighted by molar-refractivity contribution is 5.81. The van der Waals surface area contributed by atoms with Gasteiger partial charge in [0.25, 0.3) is 0 Å². The van der Waals surface area contributed by atoms with Crippen LogP contribution in [-0.4, -0.2) is 42.4 Å². The summed E-state index contributed by atoms with van der Waals surface area (Å²) in [6.07, 6.45) is 2.42. The molecule has 2 amide bonds. The maximum absolute atomic E-state index is 12.3. The van der Waals surface area contributed by atoms with Crippen LogP contribution >= 0.6 is 0 Å². The molecule has 1 fully saturated rings. The average Bonchev–Trinajstić information content (AvgIpc) is 2.45. The van der Waals surface area contributed by atoms with Crippen molar-refractivity contribution in [2.45, 2.75) is 53.0 Å². The molecule has 1 saturated heterocycles. The first kappa shape index (κ1) is 18.0. The van der Waals surface area contributed by atoms with E-state index in [4.69, 9.17) is 5.73 Å². The van der Waals surface area contributed by atoms with Crippen LogP contribution < -0.4 is 11.1 Å². The molecule has 5 nitrogen and oxygen atoms in total. The van der Waals surface area contributed by atoms with Gasteiger partial charge in [0.1, 0.15) is 0 Å². The van der Waals surface area contributed by atoms with E-state index in [1.54, 1.807) is 0 Å². The first-order valence-electron chi connectivity index (χ1n) is 8.14. The average molecular weight is 297 g/mol. The van der Waals surface area contributed by atoms with Crippen molar-refractivity contribution in [2.24, 2.45) is 23.5 Å². The number of nitrogens with one attached hydrogen (secondary N) is 1. The third kappa shape index (κ3) is 5.65. The molecule has 21 heavy (non-hydrogen) atoms. The van der Waals surface area contributed by atoms with Crippen LogP contribution in [0.4, 0.5) is 0 Å². The molecule has 1 atom stereocenters. The van der Waals surface area contributed by atoms with Gasteiger partial charge >= 0.3 is 0 Å². The number of nitrogens with zero attached hydrogens (tertiary/aromatic N) is 1. The molecule has 1 unspecified atom stereocenters. The van der Waals surface area contributed by atoms with E-state index in [1.165, 1.54) is 0 Å². The maximum atomic E-state index is 12.3. The third-order valence-electron chi connectivity index (χ3n) is 4.06. The zero-order valence-electron chi connectivity index (χ0n) is 13.9. The maximum Gasteiger partial charge on any atom is 0.225 e. The van der Waals surface area contributed by atoms with Gasteiger partial charge in [-0.2, -0.15) is 0 Å². The summed E-state index contributed by atoms with van der Waals surface area (Å²) in [6, 6.07) is 0.0628. The van der Waals surface area contributed by atoms with Gasteiger partial charge < -0.3 is 16.0 Å². The molecular weight excluding hydrogens is 266 g/mol. The Morgan fingerprint density at radius 1 is 1.19 bits per heavy atom. The van der Waals surface area contributed by atoms with Gasteiger partial charge in [-0.05, 0) is 25.2 Å². The monoisotopic (exact) mass is 297 g/mol. The molecule has 0 saturated carbocycles. The molecule has 0 aromatic heterocycles. The first-order valence-corrected chi connectivity index (χ1v) is 8.14. The molecule has 0 spiro atoms. The Labute approximate surface area is 128 Å². The van der Waals surface area contributed by atoms with Crippen LogP contribution in [0.25, 0.3) is 0 Å². The molecule has 0 aromatic carbocycles. The third-order valence-corrected chi connectivity index (χ3v) is 4.06. The zero-order chi connectivity index (χ0) is 16.0. The number of likely N-dealkylation sites (tertiary alicyclic amines) is 1. The van der Waals surface area contributed by atoms with Crippen LogP contribution in [0.15, 0.2) is 0 Å². The summed E-state index contributed by atoms with van der Waals surface area (Å²) in [7, 11) is 0. The number of rotatable bonds is 6. The minimum atomic E-state index is 0.0161. The van der Waals surface area contributed by atoms with Crippen molar-refractivity contribution < 1.29 is 9.59 Å². The lowest BCUT2D eigenvalue weighted by molar-refractivity contribution is -0.138. The summed E-state index contributed by atoms with van der Waals surface area (Å²) in [5.74, 6) is 0.853. The van der Waals surface area contributed by atoms with Gasteiger partial charge in [0.05, 0.1) is 0 Å². The van der Waals surface area contributed by atoms with Crippen LogP contribution in [0.3, 0.4) is 0 Å². The second-order valence-electron chi connectivity index (χ2n) is 6.83. The summed E-state index contributed by atoms with van der Waals surface area (Å²) in [5, 5.41) is 3.07. The van der Waals surface area contributed by atoms with E-state index in [-0.39, 0.29) is 29.7 Å². The lowest BCUT2D eigenvalue weighted by Gasteiger charge is -2.33. The van der Waals surface area contributed by atoms with E-state index >= 15 is 0 Å². The molecule has 1 heterocycles. The SMILES string of the molecule is CC(C)CC(CN)NC(=O)C1CCN(C(=O)C(C)C)CC1. The quantitative estimate of drug-likeness (QED) is 0.777. The van der Waals surface area contributed by atoms with Gasteiger partial charge in [-0.3, -0.25) is 9.59 Å². The van der Waals surface area contributed by atoms with E-state index in [2.05, 4.69) is 19.2 Å². The Kier molecular flexibility index (Phi) is 7.15. The van der Waals surface area contributed by atoms with Crippen LogP contribution in [-0.2, 0) is 9.59 Å². The van der Waals surface area contributed by atoms with E-state index in [0.717, 1.165) is 19.3 Å². The van der Waals surface area contributed by atoms with E-state index in [9.17, 15) is 9.59 Å². The molecule has 1 aliphatic rings. The standard InChI is InChI=1S/C16H31N3O2/c1-11(2)9-14(10-17)18-15(20)13-5-7-19(8-6-13)16(21)12(3)4/h11-14H,5-10,17H2,1-4H3,(H,18,20). The van der Waals surface area contributed by atoms with Gasteiger partial charge in [0, 0.05) is 37.5 Å². The molecule has 1 aliphatic heterocycles. The molecule has 122 valence electrons. The van der Waals surface area contributed by atoms with E-state index in [0.29, 0.717) is 25.6 Å². The molecule has 3 N–H and O–H groups in total. The summed E-state index contributed by atoms with van der Waals surface area (Å²) in [6.45, 7) is 9.95. The molecule has 5 heteroatoms. The fourth-order valence-electron chi connectivity index (χ4n) is 2.83. The lowest BCUT2D eigenvalue weighted by atomic mass is 9.94. The number of amides is 2. The molecule has 1 rings (SSSR count). The second-order valence-corrected chi connectivity index (χ2v) is 6.83. The van der Waals surface area contributed by atoms with Gasteiger partial charge in [-0.25, -0.2) is 0 Å². The lowest BCUT2D eigenvalue weighted by Crippen LogP contribution is -2.48. The second kappa shape index (κ2) is 8.37.